The highest BCUT2D eigenvalue weighted by Crippen LogP contribution is 2.36. The van der Waals surface area contributed by atoms with Crippen LogP contribution in [0, 0.1) is 5.92 Å². The van der Waals surface area contributed by atoms with Crippen LogP contribution in [0.15, 0.2) is 18.2 Å². The predicted octanol–water partition coefficient (Wildman–Crippen LogP) is 2.38. The molecule has 5 heteroatoms. The number of carbonyl (C=O) groups excluding carboxylic acids is 1. The number of hydrogen-bond acceptors (Lipinski definition) is 3. The molecular formula is C15H22N2O3. The van der Waals surface area contributed by atoms with Crippen molar-refractivity contribution in [3.8, 4) is 11.5 Å². The van der Waals surface area contributed by atoms with E-state index in [1.165, 1.54) is 12.8 Å². The average molecular weight is 278 g/mol. The second-order valence-electron chi connectivity index (χ2n) is 5.22. The van der Waals surface area contributed by atoms with E-state index in [-0.39, 0.29) is 12.1 Å². The van der Waals surface area contributed by atoms with E-state index in [9.17, 15) is 4.79 Å². The van der Waals surface area contributed by atoms with Crippen LogP contribution in [0.3, 0.4) is 0 Å². The van der Waals surface area contributed by atoms with E-state index < -0.39 is 0 Å². The number of nitrogens with two attached hydrogens (primary N) is 1. The Hall–Kier alpha value is -1.91. The van der Waals surface area contributed by atoms with E-state index in [0.29, 0.717) is 18.2 Å². The molecule has 0 aromatic heterocycles. The van der Waals surface area contributed by atoms with E-state index in [1.807, 2.05) is 18.2 Å². The number of primary amides is 1. The molecule has 0 spiro atoms. The predicted molar refractivity (Wildman–Crippen MR) is 76.9 cm³/mol. The minimum absolute atomic E-state index is 0.166. The Bertz CT molecular complexity index is 486. The van der Waals surface area contributed by atoms with Crippen molar-refractivity contribution >= 4 is 6.03 Å². The van der Waals surface area contributed by atoms with Crippen molar-refractivity contribution in [2.24, 2.45) is 11.7 Å². The van der Waals surface area contributed by atoms with Crippen molar-refractivity contribution in [3.63, 3.8) is 0 Å². The van der Waals surface area contributed by atoms with Gasteiger partial charge in [0.25, 0.3) is 0 Å². The van der Waals surface area contributed by atoms with Gasteiger partial charge in [0.15, 0.2) is 0 Å². The largest absolute Gasteiger partial charge is 0.497 e. The van der Waals surface area contributed by atoms with Crippen LogP contribution in [0.1, 0.15) is 25.3 Å². The molecular weight excluding hydrogens is 256 g/mol. The van der Waals surface area contributed by atoms with Crippen LogP contribution in [0.5, 0.6) is 11.5 Å². The lowest BCUT2D eigenvalue weighted by Crippen LogP contribution is -2.42. The topological polar surface area (TPSA) is 64.8 Å². The van der Waals surface area contributed by atoms with Gasteiger partial charge in [-0.2, -0.15) is 0 Å². The van der Waals surface area contributed by atoms with Crippen LogP contribution in [0.4, 0.5) is 4.79 Å². The minimum Gasteiger partial charge on any atom is -0.497 e. The molecule has 110 valence electrons. The molecule has 20 heavy (non-hydrogen) atoms. The lowest BCUT2D eigenvalue weighted by molar-refractivity contribution is 0.176. The van der Waals surface area contributed by atoms with Crippen molar-refractivity contribution in [2.75, 3.05) is 14.2 Å². The highest BCUT2D eigenvalue weighted by Gasteiger charge is 2.33. The Morgan fingerprint density at radius 1 is 1.40 bits per heavy atom. The van der Waals surface area contributed by atoms with Gasteiger partial charge in [-0.3, -0.25) is 0 Å². The third-order valence-corrected chi connectivity index (χ3v) is 3.91. The lowest BCUT2D eigenvalue weighted by atomic mass is 10.1. The molecule has 1 aromatic carbocycles. The fourth-order valence-corrected chi connectivity index (χ4v) is 2.42. The maximum atomic E-state index is 11.7. The molecule has 1 atom stereocenters. The summed E-state index contributed by atoms with van der Waals surface area (Å²) in [6.45, 7) is 2.51. The van der Waals surface area contributed by atoms with Crippen molar-refractivity contribution in [2.45, 2.75) is 32.4 Å². The van der Waals surface area contributed by atoms with Crippen LogP contribution < -0.4 is 15.2 Å². The van der Waals surface area contributed by atoms with E-state index in [4.69, 9.17) is 15.2 Å². The average Bonchev–Trinajstić information content (AvgIpc) is 3.28. The van der Waals surface area contributed by atoms with Gasteiger partial charge in [-0.25, -0.2) is 4.79 Å². The highest BCUT2D eigenvalue weighted by atomic mass is 16.5. The smallest absolute Gasteiger partial charge is 0.315 e. The van der Waals surface area contributed by atoms with Crippen LogP contribution >= 0.6 is 0 Å². The molecule has 0 aliphatic heterocycles. The molecule has 0 heterocycles. The second kappa shape index (κ2) is 6.03. The molecule has 2 N–H and O–H groups in total. The normalized spacial score (nSPS) is 15.6. The third-order valence-electron chi connectivity index (χ3n) is 3.91. The maximum Gasteiger partial charge on any atom is 0.315 e. The maximum absolute atomic E-state index is 11.7. The van der Waals surface area contributed by atoms with Gasteiger partial charge in [0.2, 0.25) is 0 Å². The van der Waals surface area contributed by atoms with Crippen LogP contribution in [-0.2, 0) is 6.54 Å². The Labute approximate surface area is 119 Å². The fourth-order valence-electron chi connectivity index (χ4n) is 2.42. The Morgan fingerprint density at radius 2 is 2.10 bits per heavy atom. The van der Waals surface area contributed by atoms with Gasteiger partial charge in [0.1, 0.15) is 11.5 Å². The first-order chi connectivity index (χ1) is 9.56. The fraction of sp³-hybridized carbons (Fsp3) is 0.533. The monoisotopic (exact) mass is 278 g/mol. The first kappa shape index (κ1) is 14.5. The molecule has 0 bridgehead atoms. The zero-order valence-electron chi connectivity index (χ0n) is 12.3. The molecule has 0 saturated heterocycles. The lowest BCUT2D eigenvalue weighted by Gasteiger charge is -2.28. The Balaban J connectivity index is 2.19. The molecule has 1 aliphatic carbocycles. The molecule has 1 saturated carbocycles. The molecule has 2 rings (SSSR count). The number of carbonyl (C=O) groups is 1. The van der Waals surface area contributed by atoms with Gasteiger partial charge in [-0.1, -0.05) is 0 Å². The van der Waals surface area contributed by atoms with Crippen LogP contribution in [0.2, 0.25) is 0 Å². The standard InChI is InChI=1S/C15H22N2O3/c1-10(11-4-5-11)17(15(16)18)9-12-6-7-13(19-2)8-14(12)20-3/h6-8,10-11H,4-5,9H2,1-3H3,(H2,16,18)/t10-/m0/s1. The summed E-state index contributed by atoms with van der Waals surface area (Å²) in [6, 6.07) is 5.36. The van der Waals surface area contributed by atoms with Crippen molar-refractivity contribution in [3.05, 3.63) is 23.8 Å². The molecule has 0 radical (unpaired) electrons. The third kappa shape index (κ3) is 3.15. The van der Waals surface area contributed by atoms with Gasteiger partial charge >= 0.3 is 6.03 Å². The summed E-state index contributed by atoms with van der Waals surface area (Å²) in [6.07, 6.45) is 2.34. The number of urea groups is 1. The number of hydrogen-bond donors (Lipinski definition) is 1. The molecule has 2 amide bonds. The zero-order chi connectivity index (χ0) is 14.7. The van der Waals surface area contributed by atoms with Crippen molar-refractivity contribution in [1.82, 2.24) is 4.90 Å². The van der Waals surface area contributed by atoms with Gasteiger partial charge in [0.05, 0.1) is 20.8 Å². The molecule has 5 nitrogen and oxygen atoms in total. The highest BCUT2D eigenvalue weighted by molar-refractivity contribution is 5.72. The van der Waals surface area contributed by atoms with Crippen molar-refractivity contribution < 1.29 is 14.3 Å². The summed E-state index contributed by atoms with van der Waals surface area (Å²) in [5.41, 5.74) is 6.45. The first-order valence-electron chi connectivity index (χ1n) is 6.83. The summed E-state index contributed by atoms with van der Waals surface area (Å²) >= 11 is 0. The minimum atomic E-state index is -0.387. The molecule has 1 fully saturated rings. The summed E-state index contributed by atoms with van der Waals surface area (Å²) in [7, 11) is 3.22. The number of methoxy groups -OCH3 is 2. The zero-order valence-corrected chi connectivity index (χ0v) is 12.3. The van der Waals surface area contributed by atoms with Gasteiger partial charge in [0, 0.05) is 17.7 Å². The molecule has 0 unspecified atom stereocenters. The first-order valence-corrected chi connectivity index (χ1v) is 6.83. The molecule has 1 aromatic rings. The van der Waals surface area contributed by atoms with E-state index in [2.05, 4.69) is 6.92 Å². The van der Waals surface area contributed by atoms with Crippen molar-refractivity contribution in [1.29, 1.82) is 0 Å². The van der Waals surface area contributed by atoms with Crippen LogP contribution in [-0.4, -0.2) is 31.2 Å². The number of ether oxygens (including phenoxy) is 2. The molecule has 1 aliphatic rings. The number of amides is 2. The Kier molecular flexibility index (Phi) is 4.37. The second-order valence-corrected chi connectivity index (χ2v) is 5.22. The van der Waals surface area contributed by atoms with Gasteiger partial charge in [-0.05, 0) is 37.8 Å². The number of benzene rings is 1. The summed E-state index contributed by atoms with van der Waals surface area (Å²) in [5.74, 6) is 2.01. The summed E-state index contributed by atoms with van der Waals surface area (Å²) in [4.78, 5) is 13.4. The number of rotatable bonds is 6. The Morgan fingerprint density at radius 3 is 2.60 bits per heavy atom. The van der Waals surface area contributed by atoms with Crippen LogP contribution in [0.25, 0.3) is 0 Å². The number of nitrogens with zero attached hydrogens (tertiary/aromatic N) is 1. The SMILES string of the molecule is COc1ccc(CN(C(N)=O)[C@@H](C)C2CC2)c(OC)c1. The van der Waals surface area contributed by atoms with Gasteiger partial charge in [-0.15, -0.1) is 0 Å². The quantitative estimate of drug-likeness (QED) is 0.869. The summed E-state index contributed by atoms with van der Waals surface area (Å²) in [5, 5.41) is 0. The van der Waals surface area contributed by atoms with Gasteiger partial charge < -0.3 is 20.1 Å². The van der Waals surface area contributed by atoms with E-state index in [0.717, 1.165) is 11.3 Å². The van der Waals surface area contributed by atoms with E-state index in [1.54, 1.807) is 19.1 Å². The summed E-state index contributed by atoms with van der Waals surface area (Å²) < 4.78 is 10.5. The van der Waals surface area contributed by atoms with E-state index >= 15 is 0 Å².